The van der Waals surface area contributed by atoms with E-state index in [1.807, 2.05) is 31.2 Å². The van der Waals surface area contributed by atoms with Gasteiger partial charge >= 0.3 is 0 Å². The third-order valence-corrected chi connectivity index (χ3v) is 3.90. The molecule has 1 aromatic carbocycles. The maximum Gasteiger partial charge on any atom is 0.191 e. The van der Waals surface area contributed by atoms with E-state index in [1.54, 1.807) is 7.11 Å². The molecule has 0 saturated heterocycles. The molecule has 1 aromatic rings. The highest BCUT2D eigenvalue weighted by molar-refractivity contribution is 5.79. The summed E-state index contributed by atoms with van der Waals surface area (Å²) in [5.41, 5.74) is 0. The van der Waals surface area contributed by atoms with Crippen molar-refractivity contribution in [1.29, 1.82) is 0 Å². The van der Waals surface area contributed by atoms with Crippen LogP contribution in [0, 0.1) is 11.8 Å². The lowest BCUT2D eigenvalue weighted by Crippen LogP contribution is -2.39. The van der Waals surface area contributed by atoms with Gasteiger partial charge in [0.1, 0.15) is 18.1 Å². The summed E-state index contributed by atoms with van der Waals surface area (Å²) in [6.45, 7) is 9.36. The molecule has 0 fully saturated rings. The van der Waals surface area contributed by atoms with Gasteiger partial charge in [-0.15, -0.1) is 0 Å². The second kappa shape index (κ2) is 13.3. The van der Waals surface area contributed by atoms with Crippen molar-refractivity contribution in [3.05, 3.63) is 24.3 Å². The third-order valence-electron chi connectivity index (χ3n) is 3.90. The summed E-state index contributed by atoms with van der Waals surface area (Å²) < 4.78 is 10.9. The Morgan fingerprint density at radius 2 is 2.00 bits per heavy atom. The molecule has 0 heterocycles. The summed E-state index contributed by atoms with van der Waals surface area (Å²) >= 11 is 0. The average molecular weight is 366 g/mol. The number of nitrogens with zero attached hydrogens (tertiary/aromatic N) is 1. The molecule has 0 bridgehead atoms. The van der Waals surface area contributed by atoms with Crippen LogP contribution in [0.3, 0.4) is 0 Å². The summed E-state index contributed by atoms with van der Waals surface area (Å²) in [7, 11) is 1.64. The number of hydrogen-bond donors (Lipinski definition) is 3. The third kappa shape index (κ3) is 9.51. The molecule has 6 heteroatoms. The highest BCUT2D eigenvalue weighted by Gasteiger charge is 2.10. The minimum absolute atomic E-state index is 0.214. The standard InChI is InChI=1S/C20H35N3O3/c1-5-21-20(23-15-17(9-11-24)13-16(2)3)22-10-12-26-19-8-6-7-18(14-19)25-4/h6-8,14,16-17,24H,5,9-13,15H2,1-4H3,(H2,21,22,23). The van der Waals surface area contributed by atoms with Gasteiger partial charge in [-0.25, -0.2) is 0 Å². The van der Waals surface area contributed by atoms with Crippen LogP contribution in [0.5, 0.6) is 11.5 Å². The highest BCUT2D eigenvalue weighted by Crippen LogP contribution is 2.18. The van der Waals surface area contributed by atoms with E-state index < -0.39 is 0 Å². The van der Waals surface area contributed by atoms with E-state index in [1.165, 1.54) is 0 Å². The number of ether oxygens (including phenoxy) is 2. The zero-order valence-electron chi connectivity index (χ0n) is 16.6. The van der Waals surface area contributed by atoms with Crippen molar-refractivity contribution in [3.8, 4) is 11.5 Å². The van der Waals surface area contributed by atoms with Gasteiger partial charge in [0.15, 0.2) is 5.96 Å². The van der Waals surface area contributed by atoms with E-state index in [9.17, 15) is 5.11 Å². The van der Waals surface area contributed by atoms with Crippen LogP contribution in [0.1, 0.15) is 33.6 Å². The van der Waals surface area contributed by atoms with Crippen molar-refractivity contribution < 1.29 is 14.6 Å². The highest BCUT2D eigenvalue weighted by atomic mass is 16.5. The predicted molar refractivity (Wildman–Crippen MR) is 107 cm³/mol. The van der Waals surface area contributed by atoms with Gasteiger partial charge in [-0.1, -0.05) is 19.9 Å². The van der Waals surface area contributed by atoms with Crippen LogP contribution < -0.4 is 20.1 Å². The maximum absolute atomic E-state index is 9.23. The van der Waals surface area contributed by atoms with Crippen LogP contribution in [0.25, 0.3) is 0 Å². The number of aliphatic hydroxyl groups excluding tert-OH is 1. The largest absolute Gasteiger partial charge is 0.497 e. The van der Waals surface area contributed by atoms with Gasteiger partial charge in [-0.2, -0.15) is 0 Å². The normalized spacial score (nSPS) is 12.8. The fourth-order valence-corrected chi connectivity index (χ4v) is 2.72. The Hall–Kier alpha value is -1.95. The fraction of sp³-hybridized carbons (Fsp3) is 0.650. The number of rotatable bonds is 12. The molecule has 6 nitrogen and oxygen atoms in total. The molecule has 0 aliphatic carbocycles. The first kappa shape index (κ1) is 22.1. The molecule has 0 radical (unpaired) electrons. The Balaban J connectivity index is 2.45. The lowest BCUT2D eigenvalue weighted by Gasteiger charge is -2.17. The molecule has 148 valence electrons. The number of aliphatic hydroxyl groups is 1. The van der Waals surface area contributed by atoms with Crippen LogP contribution in [0.4, 0.5) is 0 Å². The zero-order valence-corrected chi connectivity index (χ0v) is 16.6. The molecular weight excluding hydrogens is 330 g/mol. The molecule has 0 spiro atoms. The van der Waals surface area contributed by atoms with Gasteiger partial charge in [-0.3, -0.25) is 4.99 Å². The van der Waals surface area contributed by atoms with Crippen molar-refractivity contribution in [2.24, 2.45) is 16.8 Å². The summed E-state index contributed by atoms with van der Waals surface area (Å²) in [4.78, 5) is 4.67. The quantitative estimate of drug-likeness (QED) is 0.302. The van der Waals surface area contributed by atoms with Crippen LogP contribution in [0.15, 0.2) is 29.3 Å². The van der Waals surface area contributed by atoms with E-state index in [-0.39, 0.29) is 6.61 Å². The molecular formula is C20H35N3O3. The zero-order chi connectivity index (χ0) is 19.2. The topological polar surface area (TPSA) is 75.1 Å². The first-order valence-corrected chi connectivity index (χ1v) is 9.48. The SMILES string of the molecule is CCNC(=NCC(CCO)CC(C)C)NCCOc1cccc(OC)c1. The van der Waals surface area contributed by atoms with Crippen LogP contribution >= 0.6 is 0 Å². The number of methoxy groups -OCH3 is 1. The van der Waals surface area contributed by atoms with Gasteiger partial charge in [-0.05, 0) is 43.7 Å². The van der Waals surface area contributed by atoms with Crippen molar-refractivity contribution in [2.45, 2.75) is 33.6 Å². The second-order valence-electron chi connectivity index (χ2n) is 6.68. The minimum Gasteiger partial charge on any atom is -0.497 e. The Kier molecular flexibility index (Phi) is 11.3. The van der Waals surface area contributed by atoms with E-state index in [2.05, 4.69) is 29.5 Å². The van der Waals surface area contributed by atoms with E-state index in [4.69, 9.17) is 9.47 Å². The first-order chi connectivity index (χ1) is 12.6. The van der Waals surface area contributed by atoms with Crippen LogP contribution in [-0.4, -0.2) is 51.0 Å². The first-order valence-electron chi connectivity index (χ1n) is 9.48. The summed E-state index contributed by atoms with van der Waals surface area (Å²) in [6.07, 6.45) is 1.86. The smallest absolute Gasteiger partial charge is 0.191 e. The summed E-state index contributed by atoms with van der Waals surface area (Å²) in [6, 6.07) is 7.57. The number of hydrogen-bond acceptors (Lipinski definition) is 4. The molecule has 1 atom stereocenters. The Morgan fingerprint density at radius 1 is 1.23 bits per heavy atom. The van der Waals surface area contributed by atoms with Gasteiger partial charge < -0.3 is 25.2 Å². The molecule has 3 N–H and O–H groups in total. The Bertz CT molecular complexity index is 521. The maximum atomic E-state index is 9.23. The molecule has 0 aromatic heterocycles. The van der Waals surface area contributed by atoms with Gasteiger partial charge in [0.25, 0.3) is 0 Å². The molecule has 0 amide bonds. The van der Waals surface area contributed by atoms with Crippen LogP contribution in [0.2, 0.25) is 0 Å². The number of benzene rings is 1. The number of nitrogens with one attached hydrogen (secondary N) is 2. The predicted octanol–water partition coefficient (Wildman–Crippen LogP) is 2.67. The number of guanidine groups is 1. The van der Waals surface area contributed by atoms with Crippen LogP contribution in [-0.2, 0) is 0 Å². The van der Waals surface area contributed by atoms with E-state index in [0.29, 0.717) is 31.5 Å². The molecule has 0 aliphatic heterocycles. The molecule has 1 unspecified atom stereocenters. The molecule has 0 saturated carbocycles. The summed E-state index contributed by atoms with van der Waals surface area (Å²) in [5, 5.41) is 15.8. The second-order valence-corrected chi connectivity index (χ2v) is 6.68. The fourth-order valence-electron chi connectivity index (χ4n) is 2.72. The lowest BCUT2D eigenvalue weighted by molar-refractivity contribution is 0.245. The number of aliphatic imine (C=N–C) groups is 1. The summed E-state index contributed by atoms with van der Waals surface area (Å²) in [5.74, 6) is 3.36. The van der Waals surface area contributed by atoms with Crippen molar-refractivity contribution in [2.75, 3.05) is 40.0 Å². The monoisotopic (exact) mass is 365 g/mol. The van der Waals surface area contributed by atoms with Crippen molar-refractivity contribution in [3.63, 3.8) is 0 Å². The van der Waals surface area contributed by atoms with Gasteiger partial charge in [0, 0.05) is 25.8 Å². The lowest BCUT2D eigenvalue weighted by atomic mass is 9.94. The Labute approximate surface area is 158 Å². The van der Waals surface area contributed by atoms with E-state index in [0.717, 1.165) is 36.8 Å². The van der Waals surface area contributed by atoms with E-state index >= 15 is 0 Å². The minimum atomic E-state index is 0.214. The van der Waals surface area contributed by atoms with Crippen molar-refractivity contribution in [1.82, 2.24) is 10.6 Å². The van der Waals surface area contributed by atoms with Crippen molar-refractivity contribution >= 4 is 5.96 Å². The molecule has 1 rings (SSSR count). The van der Waals surface area contributed by atoms with Gasteiger partial charge in [0.2, 0.25) is 0 Å². The molecule has 26 heavy (non-hydrogen) atoms. The van der Waals surface area contributed by atoms with Gasteiger partial charge in [0.05, 0.1) is 13.7 Å². The Morgan fingerprint density at radius 3 is 2.65 bits per heavy atom. The average Bonchev–Trinajstić information content (AvgIpc) is 2.62. The molecule has 0 aliphatic rings.